The zero-order chi connectivity index (χ0) is 24.6. The molecule has 3 aliphatic carbocycles. The van der Waals surface area contributed by atoms with Gasteiger partial charge in [0.05, 0.1) is 0 Å². The highest BCUT2D eigenvalue weighted by molar-refractivity contribution is 5.90. The minimum absolute atomic E-state index is 0.0428. The molecule has 7 heteroatoms. The number of carbonyl (C=O) groups excluding carboxylic acids is 2. The first-order chi connectivity index (χ1) is 16.8. The van der Waals surface area contributed by atoms with Crippen LogP contribution in [0.4, 0.5) is 4.79 Å². The molecule has 35 heavy (non-hydrogen) atoms. The number of hydrogen-bond acceptors (Lipinski definition) is 4. The number of carboxylic acids is 1. The van der Waals surface area contributed by atoms with Gasteiger partial charge < -0.3 is 20.5 Å². The van der Waals surface area contributed by atoms with Crippen LogP contribution in [0.1, 0.15) is 62.5 Å². The van der Waals surface area contributed by atoms with Crippen molar-refractivity contribution in [2.45, 2.75) is 62.9 Å². The van der Waals surface area contributed by atoms with Gasteiger partial charge in [0, 0.05) is 18.4 Å². The number of benzene rings is 2. The maximum atomic E-state index is 13.3. The van der Waals surface area contributed by atoms with Gasteiger partial charge in [-0.15, -0.1) is 0 Å². The van der Waals surface area contributed by atoms with Crippen LogP contribution in [-0.4, -0.2) is 41.3 Å². The van der Waals surface area contributed by atoms with E-state index in [1.54, 1.807) is 6.92 Å². The lowest BCUT2D eigenvalue weighted by Gasteiger charge is -2.31. The Kier molecular flexibility index (Phi) is 6.26. The number of amides is 2. The van der Waals surface area contributed by atoms with Crippen molar-refractivity contribution in [3.05, 3.63) is 59.7 Å². The molecule has 5 rings (SSSR count). The van der Waals surface area contributed by atoms with E-state index in [2.05, 4.69) is 34.9 Å². The Hall–Kier alpha value is -3.35. The first-order valence-electron chi connectivity index (χ1n) is 12.5. The van der Waals surface area contributed by atoms with Crippen molar-refractivity contribution in [3.63, 3.8) is 0 Å². The number of alkyl carbamates (subject to hydrolysis) is 1. The molecule has 184 valence electrons. The molecule has 3 aliphatic rings. The van der Waals surface area contributed by atoms with E-state index in [1.807, 2.05) is 24.3 Å². The first kappa shape index (κ1) is 23.4. The van der Waals surface area contributed by atoms with E-state index in [1.165, 1.54) is 0 Å². The number of carbonyl (C=O) groups is 3. The predicted molar refractivity (Wildman–Crippen MR) is 131 cm³/mol. The van der Waals surface area contributed by atoms with Gasteiger partial charge in [0.25, 0.3) is 0 Å². The largest absolute Gasteiger partial charge is 0.481 e. The van der Waals surface area contributed by atoms with Crippen molar-refractivity contribution in [2.24, 2.45) is 11.8 Å². The molecule has 2 amide bonds. The summed E-state index contributed by atoms with van der Waals surface area (Å²) < 4.78 is 5.70. The van der Waals surface area contributed by atoms with Crippen molar-refractivity contribution in [1.82, 2.24) is 10.6 Å². The van der Waals surface area contributed by atoms with Crippen LogP contribution in [0.15, 0.2) is 48.5 Å². The number of fused-ring (bicyclic) bond motifs is 3. The number of nitrogens with one attached hydrogen (secondary N) is 2. The summed E-state index contributed by atoms with van der Waals surface area (Å²) in [4.78, 5) is 37.2. The zero-order valence-corrected chi connectivity index (χ0v) is 20.0. The van der Waals surface area contributed by atoms with E-state index in [-0.39, 0.29) is 42.7 Å². The van der Waals surface area contributed by atoms with Gasteiger partial charge in [0.15, 0.2) is 0 Å². The third-order valence-corrected chi connectivity index (χ3v) is 7.91. The lowest BCUT2D eigenvalue weighted by atomic mass is 9.94. The topological polar surface area (TPSA) is 105 Å². The maximum Gasteiger partial charge on any atom is 0.408 e. The molecule has 0 heterocycles. The van der Waals surface area contributed by atoms with Gasteiger partial charge in [-0.3, -0.25) is 9.59 Å². The smallest absolute Gasteiger partial charge is 0.408 e. The summed E-state index contributed by atoms with van der Waals surface area (Å²) in [5.74, 6) is -0.908. The molecule has 2 aromatic carbocycles. The summed E-state index contributed by atoms with van der Waals surface area (Å²) in [5.41, 5.74) is 3.56. The molecule has 2 aromatic rings. The SMILES string of the molecule is CC(NC(=O)OCC1c2ccccc2-c2ccccc21)(C(=O)N[C@@H]1CC[C@H](CC(=O)O)C1)C1CC1. The third kappa shape index (κ3) is 4.77. The minimum atomic E-state index is -1.05. The van der Waals surface area contributed by atoms with Gasteiger partial charge in [0.2, 0.25) is 5.91 Å². The van der Waals surface area contributed by atoms with Crippen molar-refractivity contribution in [1.29, 1.82) is 0 Å². The van der Waals surface area contributed by atoms with E-state index in [9.17, 15) is 14.4 Å². The zero-order valence-electron chi connectivity index (χ0n) is 20.0. The van der Waals surface area contributed by atoms with Crippen LogP contribution < -0.4 is 10.6 Å². The van der Waals surface area contributed by atoms with E-state index >= 15 is 0 Å². The molecule has 7 nitrogen and oxygen atoms in total. The lowest BCUT2D eigenvalue weighted by molar-refractivity contribution is -0.138. The Morgan fingerprint density at radius 1 is 0.971 bits per heavy atom. The van der Waals surface area contributed by atoms with Crippen LogP contribution in [0.25, 0.3) is 11.1 Å². The summed E-state index contributed by atoms with van der Waals surface area (Å²) in [5, 5.41) is 15.0. The number of aliphatic carboxylic acids is 1. The van der Waals surface area contributed by atoms with Crippen molar-refractivity contribution >= 4 is 18.0 Å². The van der Waals surface area contributed by atoms with Crippen LogP contribution >= 0.6 is 0 Å². The summed E-state index contributed by atoms with van der Waals surface area (Å²) in [7, 11) is 0. The fourth-order valence-electron chi connectivity index (χ4n) is 5.83. The van der Waals surface area contributed by atoms with E-state index < -0.39 is 17.6 Å². The molecule has 0 bridgehead atoms. The molecule has 0 spiro atoms. The second-order valence-electron chi connectivity index (χ2n) is 10.4. The van der Waals surface area contributed by atoms with Crippen LogP contribution in [-0.2, 0) is 14.3 Å². The maximum absolute atomic E-state index is 13.3. The van der Waals surface area contributed by atoms with Crippen molar-refractivity contribution in [2.75, 3.05) is 6.61 Å². The van der Waals surface area contributed by atoms with E-state index in [0.717, 1.165) is 47.9 Å². The molecule has 0 aliphatic heterocycles. The van der Waals surface area contributed by atoms with Gasteiger partial charge in [-0.25, -0.2) is 4.79 Å². The molecule has 2 saturated carbocycles. The molecule has 0 saturated heterocycles. The Balaban J connectivity index is 1.21. The fraction of sp³-hybridized carbons (Fsp3) is 0.464. The summed E-state index contributed by atoms with van der Waals surface area (Å²) in [6.45, 7) is 1.97. The lowest BCUT2D eigenvalue weighted by Crippen LogP contribution is -2.60. The van der Waals surface area contributed by atoms with Crippen LogP contribution in [0.2, 0.25) is 0 Å². The monoisotopic (exact) mass is 476 g/mol. The second kappa shape index (κ2) is 9.36. The average Bonchev–Trinajstić information content (AvgIpc) is 3.54. The minimum Gasteiger partial charge on any atom is -0.481 e. The van der Waals surface area contributed by atoms with E-state index in [4.69, 9.17) is 9.84 Å². The molecule has 2 fully saturated rings. The summed E-state index contributed by atoms with van der Waals surface area (Å²) in [6, 6.07) is 16.3. The van der Waals surface area contributed by atoms with Crippen LogP contribution in [0.3, 0.4) is 0 Å². The number of ether oxygens (including phenoxy) is 1. The normalized spacial score (nSPS) is 22.5. The Labute approximate surface area is 205 Å². The Morgan fingerprint density at radius 2 is 1.60 bits per heavy atom. The molecule has 3 atom stereocenters. The predicted octanol–water partition coefficient (Wildman–Crippen LogP) is 4.45. The summed E-state index contributed by atoms with van der Waals surface area (Å²) >= 11 is 0. The van der Waals surface area contributed by atoms with Gasteiger partial charge in [-0.2, -0.15) is 0 Å². The van der Waals surface area contributed by atoms with Crippen LogP contribution in [0, 0.1) is 11.8 Å². The fourth-order valence-corrected chi connectivity index (χ4v) is 5.83. The van der Waals surface area contributed by atoms with Gasteiger partial charge >= 0.3 is 12.1 Å². The van der Waals surface area contributed by atoms with Gasteiger partial charge in [-0.05, 0) is 73.1 Å². The highest BCUT2D eigenvalue weighted by atomic mass is 16.5. The molecular formula is C28H32N2O5. The summed E-state index contributed by atoms with van der Waals surface area (Å²) in [6.07, 6.45) is 3.49. The Bertz CT molecular complexity index is 1100. The van der Waals surface area contributed by atoms with Crippen LogP contribution in [0.5, 0.6) is 0 Å². The highest BCUT2D eigenvalue weighted by Gasteiger charge is 2.49. The van der Waals surface area contributed by atoms with Gasteiger partial charge in [0.1, 0.15) is 12.1 Å². The molecule has 0 radical (unpaired) electrons. The Morgan fingerprint density at radius 3 is 2.20 bits per heavy atom. The number of carboxylic acid groups (broad SMARTS) is 1. The molecular weight excluding hydrogens is 444 g/mol. The highest BCUT2D eigenvalue weighted by Crippen LogP contribution is 2.45. The quantitative estimate of drug-likeness (QED) is 0.522. The van der Waals surface area contributed by atoms with Crippen molar-refractivity contribution < 1.29 is 24.2 Å². The molecule has 1 unspecified atom stereocenters. The second-order valence-corrected chi connectivity index (χ2v) is 10.4. The number of hydrogen-bond donors (Lipinski definition) is 3. The first-order valence-corrected chi connectivity index (χ1v) is 12.5. The molecule has 3 N–H and O–H groups in total. The van der Waals surface area contributed by atoms with Gasteiger partial charge in [-0.1, -0.05) is 48.5 Å². The number of rotatable bonds is 8. The van der Waals surface area contributed by atoms with Crippen molar-refractivity contribution in [3.8, 4) is 11.1 Å². The van der Waals surface area contributed by atoms with E-state index in [0.29, 0.717) is 6.42 Å². The molecule has 0 aromatic heterocycles. The third-order valence-electron chi connectivity index (χ3n) is 7.91. The average molecular weight is 477 g/mol. The standard InChI is InChI=1S/C28H32N2O5/c1-28(18-11-12-18,26(33)29-19-13-10-17(14-19)15-25(31)32)30-27(34)35-16-24-22-8-4-2-6-20(22)21-7-3-5-9-23(21)24/h2-9,17-19,24H,10-16H2,1H3,(H,29,33)(H,30,34)(H,31,32)/t17-,19+,28?/m0/s1.